The summed E-state index contributed by atoms with van der Waals surface area (Å²) in [6.07, 6.45) is 0.655. The van der Waals surface area contributed by atoms with Gasteiger partial charge in [0.25, 0.3) is 0 Å². The van der Waals surface area contributed by atoms with Crippen LogP contribution in [0, 0.1) is 0 Å². The van der Waals surface area contributed by atoms with E-state index in [9.17, 15) is 8.42 Å². The van der Waals surface area contributed by atoms with Gasteiger partial charge in [0.1, 0.15) is 0 Å². The molecule has 102 valence electrons. The van der Waals surface area contributed by atoms with Crippen molar-refractivity contribution in [2.45, 2.75) is 30.9 Å². The van der Waals surface area contributed by atoms with E-state index in [1.54, 1.807) is 12.1 Å². The Kier molecular flexibility index (Phi) is 5.74. The molecule has 0 amide bonds. The molecule has 1 atom stereocenters. The average molecular weight is 273 g/mol. The standard InChI is InChI=1S/C12H19NO4S/c1-3-11(9-17-2)13-18(15,16)12-6-4-10(8-14)5-7-12/h4-7,11,13-14H,3,8-9H2,1-2H3. The summed E-state index contributed by atoms with van der Waals surface area (Å²) in [7, 11) is -2.00. The Labute approximate surface area is 108 Å². The van der Waals surface area contributed by atoms with Gasteiger partial charge >= 0.3 is 0 Å². The third-order valence-electron chi connectivity index (χ3n) is 2.60. The zero-order valence-electron chi connectivity index (χ0n) is 10.6. The number of nitrogens with one attached hydrogen (secondary N) is 1. The molecule has 0 saturated carbocycles. The topological polar surface area (TPSA) is 75.6 Å². The first-order valence-electron chi connectivity index (χ1n) is 5.74. The second kappa shape index (κ2) is 6.84. The van der Waals surface area contributed by atoms with Gasteiger partial charge in [-0.3, -0.25) is 0 Å². The van der Waals surface area contributed by atoms with Crippen molar-refractivity contribution in [1.82, 2.24) is 4.72 Å². The maximum absolute atomic E-state index is 12.0. The summed E-state index contributed by atoms with van der Waals surface area (Å²) in [6, 6.07) is 5.90. The van der Waals surface area contributed by atoms with Crippen LogP contribution in [0.4, 0.5) is 0 Å². The van der Waals surface area contributed by atoms with Gasteiger partial charge in [0.15, 0.2) is 0 Å². The van der Waals surface area contributed by atoms with Crippen molar-refractivity contribution < 1.29 is 18.3 Å². The lowest BCUT2D eigenvalue weighted by molar-refractivity contribution is 0.173. The smallest absolute Gasteiger partial charge is 0.240 e. The zero-order valence-corrected chi connectivity index (χ0v) is 11.4. The monoisotopic (exact) mass is 273 g/mol. The van der Waals surface area contributed by atoms with Gasteiger partial charge in [-0.15, -0.1) is 0 Å². The Morgan fingerprint density at radius 2 is 1.94 bits per heavy atom. The minimum absolute atomic E-state index is 0.102. The Morgan fingerprint density at radius 1 is 1.33 bits per heavy atom. The fraction of sp³-hybridized carbons (Fsp3) is 0.500. The number of methoxy groups -OCH3 is 1. The normalized spacial score (nSPS) is 13.5. The van der Waals surface area contributed by atoms with Crippen molar-refractivity contribution in [2.24, 2.45) is 0 Å². The molecule has 1 rings (SSSR count). The number of sulfonamides is 1. The van der Waals surface area contributed by atoms with Crippen LogP contribution >= 0.6 is 0 Å². The number of aliphatic hydroxyl groups is 1. The lowest BCUT2D eigenvalue weighted by Crippen LogP contribution is -2.37. The Balaban J connectivity index is 2.84. The fourth-order valence-electron chi connectivity index (χ4n) is 1.50. The molecule has 0 fully saturated rings. The maximum Gasteiger partial charge on any atom is 0.240 e. The molecule has 0 radical (unpaired) electrons. The number of hydrogen-bond donors (Lipinski definition) is 2. The van der Waals surface area contributed by atoms with E-state index in [-0.39, 0.29) is 17.5 Å². The molecule has 0 aliphatic heterocycles. The van der Waals surface area contributed by atoms with Gasteiger partial charge in [0, 0.05) is 13.2 Å². The first kappa shape index (κ1) is 15.1. The summed E-state index contributed by atoms with van der Waals surface area (Å²) in [6.45, 7) is 2.13. The quantitative estimate of drug-likeness (QED) is 0.773. The van der Waals surface area contributed by atoms with Crippen LogP contribution < -0.4 is 4.72 Å². The van der Waals surface area contributed by atoms with E-state index in [1.807, 2.05) is 6.92 Å². The fourth-order valence-corrected chi connectivity index (χ4v) is 2.80. The van der Waals surface area contributed by atoms with Gasteiger partial charge in [0.05, 0.1) is 18.1 Å². The van der Waals surface area contributed by atoms with E-state index in [0.717, 1.165) is 0 Å². The van der Waals surface area contributed by atoms with Gasteiger partial charge in [-0.2, -0.15) is 0 Å². The second-order valence-electron chi connectivity index (χ2n) is 3.98. The molecular weight excluding hydrogens is 254 g/mol. The second-order valence-corrected chi connectivity index (χ2v) is 5.70. The third-order valence-corrected chi connectivity index (χ3v) is 4.14. The zero-order chi connectivity index (χ0) is 13.6. The van der Waals surface area contributed by atoms with E-state index in [4.69, 9.17) is 9.84 Å². The van der Waals surface area contributed by atoms with Crippen molar-refractivity contribution in [3.63, 3.8) is 0 Å². The highest BCUT2D eigenvalue weighted by atomic mass is 32.2. The van der Waals surface area contributed by atoms with Crippen LogP contribution in [-0.2, 0) is 21.4 Å². The Bertz CT molecular complexity index is 455. The van der Waals surface area contributed by atoms with Crippen molar-refractivity contribution in [3.05, 3.63) is 29.8 Å². The Hall–Kier alpha value is -0.950. The molecule has 0 saturated heterocycles. The summed E-state index contributed by atoms with van der Waals surface area (Å²) in [5.74, 6) is 0. The summed E-state index contributed by atoms with van der Waals surface area (Å²) in [5, 5.41) is 8.90. The van der Waals surface area contributed by atoms with Crippen LogP contribution in [0.15, 0.2) is 29.2 Å². The molecular formula is C12H19NO4S. The summed E-state index contributed by atoms with van der Waals surface area (Å²) >= 11 is 0. The highest BCUT2D eigenvalue weighted by Crippen LogP contribution is 2.11. The molecule has 1 aromatic rings. The molecule has 0 aliphatic rings. The highest BCUT2D eigenvalue weighted by Gasteiger charge is 2.18. The van der Waals surface area contributed by atoms with Gasteiger partial charge in [-0.05, 0) is 24.1 Å². The largest absolute Gasteiger partial charge is 0.392 e. The third kappa shape index (κ3) is 4.06. The molecule has 5 nitrogen and oxygen atoms in total. The first-order valence-corrected chi connectivity index (χ1v) is 7.23. The van der Waals surface area contributed by atoms with Crippen LogP contribution in [0.1, 0.15) is 18.9 Å². The SMILES string of the molecule is CCC(COC)NS(=O)(=O)c1ccc(CO)cc1. The number of benzene rings is 1. The van der Waals surface area contributed by atoms with E-state index in [2.05, 4.69) is 4.72 Å². The lowest BCUT2D eigenvalue weighted by Gasteiger charge is -2.16. The number of rotatable bonds is 7. The van der Waals surface area contributed by atoms with Gasteiger partial charge < -0.3 is 9.84 Å². The van der Waals surface area contributed by atoms with E-state index in [0.29, 0.717) is 18.6 Å². The van der Waals surface area contributed by atoms with E-state index in [1.165, 1.54) is 19.2 Å². The molecule has 0 spiro atoms. The minimum Gasteiger partial charge on any atom is -0.392 e. The summed E-state index contributed by atoms with van der Waals surface area (Å²) in [5.41, 5.74) is 0.679. The predicted molar refractivity (Wildman–Crippen MR) is 68.6 cm³/mol. The molecule has 6 heteroatoms. The number of ether oxygens (including phenoxy) is 1. The van der Waals surface area contributed by atoms with Crippen molar-refractivity contribution in [3.8, 4) is 0 Å². The van der Waals surface area contributed by atoms with Crippen molar-refractivity contribution in [2.75, 3.05) is 13.7 Å². The van der Waals surface area contributed by atoms with Crippen LogP contribution in [-0.4, -0.2) is 33.3 Å². The first-order chi connectivity index (χ1) is 8.53. The number of aliphatic hydroxyl groups excluding tert-OH is 1. The van der Waals surface area contributed by atoms with Gasteiger partial charge in [-0.25, -0.2) is 13.1 Å². The van der Waals surface area contributed by atoms with Crippen LogP contribution in [0.25, 0.3) is 0 Å². The maximum atomic E-state index is 12.0. The molecule has 1 aromatic carbocycles. The molecule has 0 aromatic heterocycles. The molecule has 2 N–H and O–H groups in total. The van der Waals surface area contributed by atoms with Crippen molar-refractivity contribution in [1.29, 1.82) is 0 Å². The summed E-state index contributed by atoms with van der Waals surface area (Å²) < 4.78 is 31.6. The average Bonchev–Trinajstić information content (AvgIpc) is 2.38. The van der Waals surface area contributed by atoms with Gasteiger partial charge in [0.2, 0.25) is 10.0 Å². The van der Waals surface area contributed by atoms with Gasteiger partial charge in [-0.1, -0.05) is 19.1 Å². The lowest BCUT2D eigenvalue weighted by atomic mass is 10.2. The number of hydrogen-bond acceptors (Lipinski definition) is 4. The molecule has 0 aliphatic carbocycles. The molecule has 1 unspecified atom stereocenters. The van der Waals surface area contributed by atoms with E-state index < -0.39 is 10.0 Å². The molecule has 18 heavy (non-hydrogen) atoms. The van der Waals surface area contributed by atoms with Crippen LogP contribution in [0.2, 0.25) is 0 Å². The molecule has 0 heterocycles. The van der Waals surface area contributed by atoms with E-state index >= 15 is 0 Å². The van der Waals surface area contributed by atoms with Crippen LogP contribution in [0.5, 0.6) is 0 Å². The summed E-state index contributed by atoms with van der Waals surface area (Å²) in [4.78, 5) is 0.189. The Morgan fingerprint density at radius 3 is 2.39 bits per heavy atom. The minimum atomic E-state index is -3.53. The predicted octanol–water partition coefficient (Wildman–Crippen LogP) is 0.882. The molecule has 0 bridgehead atoms. The van der Waals surface area contributed by atoms with Crippen molar-refractivity contribution >= 4 is 10.0 Å². The highest BCUT2D eigenvalue weighted by molar-refractivity contribution is 7.89. The van der Waals surface area contributed by atoms with Crippen LogP contribution in [0.3, 0.4) is 0 Å².